The molecular weight excluding hydrogens is 401 g/mol. The Hall–Kier alpha value is -1.57. The highest BCUT2D eigenvalue weighted by Gasteiger charge is 2.02. The lowest BCUT2D eigenvalue weighted by Gasteiger charge is -2.13. The van der Waals surface area contributed by atoms with E-state index in [2.05, 4.69) is 52.8 Å². The van der Waals surface area contributed by atoms with Gasteiger partial charge in [0.05, 0.1) is 12.2 Å². The molecule has 5 nitrogen and oxygen atoms in total. The SMILES string of the molecule is CN=C(NCCc1ccc(C)cc1C)NCc1ccnn1C.I. The van der Waals surface area contributed by atoms with E-state index in [1.165, 1.54) is 16.7 Å². The standard InChI is InChI=1S/C17H25N5.HI/c1-13-5-6-15(14(2)11-13)7-9-19-17(18-3)20-12-16-8-10-21-22(16)4;/h5-6,8,10-11H,7,9,12H2,1-4H3,(H2,18,19,20);1H. The molecule has 2 rings (SSSR count). The van der Waals surface area contributed by atoms with Crippen LogP contribution in [0.3, 0.4) is 0 Å². The summed E-state index contributed by atoms with van der Waals surface area (Å²) >= 11 is 0. The second kappa shape index (κ2) is 9.54. The average Bonchev–Trinajstić information content (AvgIpc) is 2.90. The van der Waals surface area contributed by atoms with Crippen molar-refractivity contribution in [3.63, 3.8) is 0 Å². The van der Waals surface area contributed by atoms with Crippen LogP contribution in [0.1, 0.15) is 22.4 Å². The fourth-order valence-corrected chi connectivity index (χ4v) is 2.41. The normalized spacial score (nSPS) is 11.0. The molecule has 0 aliphatic heterocycles. The molecule has 0 amide bonds. The number of halogens is 1. The van der Waals surface area contributed by atoms with Gasteiger partial charge in [-0.3, -0.25) is 9.67 Å². The minimum absolute atomic E-state index is 0. The highest BCUT2D eigenvalue weighted by Crippen LogP contribution is 2.10. The highest BCUT2D eigenvalue weighted by atomic mass is 127. The van der Waals surface area contributed by atoms with Gasteiger partial charge in [0, 0.05) is 26.8 Å². The van der Waals surface area contributed by atoms with Crippen molar-refractivity contribution in [3.05, 3.63) is 52.8 Å². The van der Waals surface area contributed by atoms with Gasteiger partial charge in [0.1, 0.15) is 0 Å². The Kier molecular flexibility index (Phi) is 8.08. The summed E-state index contributed by atoms with van der Waals surface area (Å²) in [5.41, 5.74) is 5.15. The van der Waals surface area contributed by atoms with Crippen LogP contribution in [0.2, 0.25) is 0 Å². The third-order valence-electron chi connectivity index (χ3n) is 3.77. The van der Waals surface area contributed by atoms with Gasteiger partial charge in [-0.15, -0.1) is 24.0 Å². The van der Waals surface area contributed by atoms with E-state index in [0.717, 1.165) is 24.6 Å². The summed E-state index contributed by atoms with van der Waals surface area (Å²) in [5, 5.41) is 10.8. The van der Waals surface area contributed by atoms with Crippen LogP contribution < -0.4 is 10.6 Å². The van der Waals surface area contributed by atoms with Gasteiger partial charge in [-0.1, -0.05) is 23.8 Å². The Morgan fingerprint density at radius 3 is 2.61 bits per heavy atom. The van der Waals surface area contributed by atoms with Crippen LogP contribution in [0.4, 0.5) is 0 Å². The van der Waals surface area contributed by atoms with Gasteiger partial charge in [0.2, 0.25) is 0 Å². The van der Waals surface area contributed by atoms with E-state index in [1.807, 2.05) is 17.8 Å². The maximum Gasteiger partial charge on any atom is 0.191 e. The van der Waals surface area contributed by atoms with Gasteiger partial charge in [0.25, 0.3) is 0 Å². The van der Waals surface area contributed by atoms with Crippen molar-refractivity contribution in [2.24, 2.45) is 12.0 Å². The van der Waals surface area contributed by atoms with Crippen LogP contribution in [0.15, 0.2) is 35.5 Å². The van der Waals surface area contributed by atoms with Crippen LogP contribution in [0.25, 0.3) is 0 Å². The van der Waals surface area contributed by atoms with Gasteiger partial charge >= 0.3 is 0 Å². The average molecular weight is 427 g/mol. The first-order valence-corrected chi connectivity index (χ1v) is 7.57. The molecule has 0 saturated heterocycles. The quantitative estimate of drug-likeness (QED) is 0.438. The Labute approximate surface area is 155 Å². The molecule has 2 N–H and O–H groups in total. The zero-order valence-electron chi connectivity index (χ0n) is 14.3. The van der Waals surface area contributed by atoms with Gasteiger partial charge in [-0.2, -0.15) is 5.10 Å². The molecule has 0 radical (unpaired) electrons. The molecule has 0 atom stereocenters. The number of aromatic nitrogens is 2. The zero-order chi connectivity index (χ0) is 15.9. The first-order chi connectivity index (χ1) is 10.6. The number of aryl methyl sites for hydroxylation is 3. The smallest absolute Gasteiger partial charge is 0.191 e. The molecule has 0 aliphatic carbocycles. The third-order valence-corrected chi connectivity index (χ3v) is 3.77. The molecule has 126 valence electrons. The van der Waals surface area contributed by atoms with E-state index >= 15 is 0 Å². The van der Waals surface area contributed by atoms with E-state index in [1.54, 1.807) is 13.2 Å². The molecule has 0 fully saturated rings. The summed E-state index contributed by atoms with van der Waals surface area (Å²) < 4.78 is 1.86. The van der Waals surface area contributed by atoms with Crippen LogP contribution in [0, 0.1) is 13.8 Å². The molecular formula is C17H26IN5. The van der Waals surface area contributed by atoms with Crippen molar-refractivity contribution in [2.45, 2.75) is 26.8 Å². The summed E-state index contributed by atoms with van der Waals surface area (Å²) in [5.74, 6) is 0.811. The monoisotopic (exact) mass is 427 g/mol. The number of nitrogens with one attached hydrogen (secondary N) is 2. The fourth-order valence-electron chi connectivity index (χ4n) is 2.41. The molecule has 0 aliphatic rings. The number of hydrogen-bond donors (Lipinski definition) is 2. The number of nitrogens with zero attached hydrogens (tertiary/aromatic N) is 3. The Morgan fingerprint density at radius 1 is 1.22 bits per heavy atom. The number of hydrogen-bond acceptors (Lipinski definition) is 2. The third kappa shape index (κ3) is 5.85. The van der Waals surface area contributed by atoms with E-state index in [9.17, 15) is 0 Å². The van der Waals surface area contributed by atoms with Crippen molar-refractivity contribution >= 4 is 29.9 Å². The van der Waals surface area contributed by atoms with Crippen molar-refractivity contribution in [2.75, 3.05) is 13.6 Å². The van der Waals surface area contributed by atoms with Gasteiger partial charge in [-0.05, 0) is 37.5 Å². The molecule has 1 heterocycles. The van der Waals surface area contributed by atoms with Crippen molar-refractivity contribution in [1.82, 2.24) is 20.4 Å². The second-order valence-electron chi connectivity index (χ2n) is 5.48. The number of aliphatic imine (C=N–C) groups is 1. The Balaban J connectivity index is 0.00000264. The number of guanidine groups is 1. The number of benzene rings is 1. The van der Waals surface area contributed by atoms with Gasteiger partial charge < -0.3 is 10.6 Å². The van der Waals surface area contributed by atoms with Crippen molar-refractivity contribution in [1.29, 1.82) is 0 Å². The number of rotatable bonds is 5. The minimum atomic E-state index is 0. The van der Waals surface area contributed by atoms with E-state index in [4.69, 9.17) is 0 Å². The minimum Gasteiger partial charge on any atom is -0.356 e. The first-order valence-electron chi connectivity index (χ1n) is 7.57. The highest BCUT2D eigenvalue weighted by molar-refractivity contribution is 14.0. The van der Waals surface area contributed by atoms with E-state index in [-0.39, 0.29) is 24.0 Å². The summed E-state index contributed by atoms with van der Waals surface area (Å²) in [6.07, 6.45) is 2.78. The second-order valence-corrected chi connectivity index (χ2v) is 5.48. The van der Waals surface area contributed by atoms with Gasteiger partial charge in [0.15, 0.2) is 5.96 Å². The lowest BCUT2D eigenvalue weighted by molar-refractivity contribution is 0.684. The van der Waals surface area contributed by atoms with Crippen LogP contribution in [-0.2, 0) is 20.0 Å². The molecule has 1 aromatic carbocycles. The van der Waals surface area contributed by atoms with Crippen molar-refractivity contribution < 1.29 is 0 Å². The largest absolute Gasteiger partial charge is 0.356 e. The Bertz CT molecular complexity index is 648. The Morgan fingerprint density at radius 2 is 2.00 bits per heavy atom. The summed E-state index contributed by atoms with van der Waals surface area (Å²) in [6, 6.07) is 8.59. The molecule has 6 heteroatoms. The maximum atomic E-state index is 4.25. The van der Waals surface area contributed by atoms with E-state index in [0.29, 0.717) is 6.54 Å². The summed E-state index contributed by atoms with van der Waals surface area (Å²) in [4.78, 5) is 4.25. The zero-order valence-corrected chi connectivity index (χ0v) is 16.6. The van der Waals surface area contributed by atoms with Crippen molar-refractivity contribution in [3.8, 4) is 0 Å². The molecule has 0 unspecified atom stereocenters. The van der Waals surface area contributed by atoms with Gasteiger partial charge in [-0.25, -0.2) is 0 Å². The first kappa shape index (κ1) is 19.5. The lowest BCUT2D eigenvalue weighted by Crippen LogP contribution is -2.38. The molecule has 1 aromatic heterocycles. The van der Waals surface area contributed by atoms with Crippen LogP contribution >= 0.6 is 24.0 Å². The molecule has 0 bridgehead atoms. The molecule has 0 saturated carbocycles. The molecule has 0 spiro atoms. The fraction of sp³-hybridized carbons (Fsp3) is 0.412. The summed E-state index contributed by atoms with van der Waals surface area (Å²) in [7, 11) is 3.73. The van der Waals surface area contributed by atoms with Crippen LogP contribution in [0.5, 0.6) is 0 Å². The predicted molar refractivity (Wildman–Crippen MR) is 106 cm³/mol. The maximum absolute atomic E-state index is 4.25. The topological polar surface area (TPSA) is 54.2 Å². The lowest BCUT2D eigenvalue weighted by atomic mass is 10.0. The van der Waals surface area contributed by atoms with E-state index < -0.39 is 0 Å². The predicted octanol–water partition coefficient (Wildman–Crippen LogP) is 2.56. The molecule has 2 aromatic rings. The molecule has 23 heavy (non-hydrogen) atoms. The summed E-state index contributed by atoms with van der Waals surface area (Å²) in [6.45, 7) is 5.85. The van der Waals surface area contributed by atoms with Crippen LogP contribution in [-0.4, -0.2) is 29.3 Å².